The van der Waals surface area contributed by atoms with Crippen LogP contribution in [0, 0.1) is 0 Å². The van der Waals surface area contributed by atoms with Crippen molar-refractivity contribution < 1.29 is 31.5 Å². The zero-order valence-corrected chi connectivity index (χ0v) is 23.9. The quantitative estimate of drug-likeness (QED) is 0.279. The van der Waals surface area contributed by atoms with E-state index in [-0.39, 0.29) is 31.8 Å². The zero-order chi connectivity index (χ0) is 30.9. The summed E-state index contributed by atoms with van der Waals surface area (Å²) in [5.41, 5.74) is 3.26. The van der Waals surface area contributed by atoms with E-state index >= 15 is 0 Å². The van der Waals surface area contributed by atoms with E-state index in [1.807, 2.05) is 6.07 Å². The second kappa shape index (κ2) is 14.7. The molecule has 43 heavy (non-hydrogen) atoms. The fraction of sp³-hybridized carbons (Fsp3) is 0.567. The molecule has 0 bridgehead atoms. The van der Waals surface area contributed by atoms with Crippen LogP contribution in [0.4, 0.5) is 22.0 Å². The molecule has 234 valence electrons. The van der Waals surface area contributed by atoms with Gasteiger partial charge in [0, 0.05) is 38.2 Å². The van der Waals surface area contributed by atoms with Gasteiger partial charge in [0.25, 0.3) is 5.91 Å². The van der Waals surface area contributed by atoms with Gasteiger partial charge in [-0.3, -0.25) is 14.6 Å². The molecular weight excluding hydrogens is 571 g/mol. The van der Waals surface area contributed by atoms with Gasteiger partial charge < -0.3 is 10.6 Å². The highest BCUT2D eigenvalue weighted by Crippen LogP contribution is 2.39. The first-order valence-corrected chi connectivity index (χ1v) is 14.7. The molecule has 3 saturated carbocycles. The Bertz CT molecular complexity index is 1360. The number of rotatable bonds is 8. The molecule has 0 spiro atoms. The molecule has 2 amide bonds. The normalized spacial score (nSPS) is 17.1. The lowest BCUT2D eigenvalue weighted by Gasteiger charge is -2.20. The Labute approximate surface area is 246 Å². The summed E-state index contributed by atoms with van der Waals surface area (Å²) in [4.78, 5) is 32.5. The summed E-state index contributed by atoms with van der Waals surface area (Å²) in [6.45, 7) is 0.239. The van der Waals surface area contributed by atoms with Gasteiger partial charge in [-0.05, 0) is 54.9 Å². The van der Waals surface area contributed by atoms with Gasteiger partial charge in [0.05, 0.1) is 36.6 Å². The summed E-state index contributed by atoms with van der Waals surface area (Å²) < 4.78 is 62.5. The second-order valence-corrected chi connectivity index (χ2v) is 11.2. The van der Waals surface area contributed by atoms with Crippen molar-refractivity contribution in [3.05, 3.63) is 59.3 Å². The standard InChI is InChI=1S/C21H21F3N6O2.C6H10F2.C3H6/c22-21(23,24)4-3-19(31)26-7-13-5-18-29-17(12-30(18)28-8-13)11-27-20(32)16-6-15(9-25-10-16)14-1-2-14;7-6(8)4-2-1-3-5-6;1-2-3-1/h5-6,8-10,12,14H,1-4,7,11H2,(H,26,31)(H,27,32);1-5H2;1-3H2. The Kier molecular flexibility index (Phi) is 11.0. The minimum Gasteiger partial charge on any atom is -0.352 e. The predicted octanol–water partition coefficient (Wildman–Crippen LogP) is 6.65. The lowest BCUT2D eigenvalue weighted by atomic mass is 9.97. The Morgan fingerprint density at radius 1 is 0.930 bits per heavy atom. The molecule has 0 aromatic carbocycles. The van der Waals surface area contributed by atoms with Crippen molar-refractivity contribution >= 4 is 17.5 Å². The van der Waals surface area contributed by atoms with Crippen LogP contribution in [0.3, 0.4) is 0 Å². The molecule has 3 heterocycles. The summed E-state index contributed by atoms with van der Waals surface area (Å²) in [5, 5.41) is 9.44. The number of nitrogens with zero attached hydrogens (tertiary/aromatic N) is 4. The summed E-state index contributed by atoms with van der Waals surface area (Å²) in [6.07, 6.45) is 9.75. The average Bonchev–Trinajstić information content (AvgIpc) is 3.90. The molecule has 2 N–H and O–H groups in total. The topological polar surface area (TPSA) is 101 Å². The maximum Gasteiger partial charge on any atom is 0.389 e. The number of nitrogens with one attached hydrogen (secondary N) is 2. The van der Waals surface area contributed by atoms with E-state index in [2.05, 4.69) is 25.7 Å². The van der Waals surface area contributed by atoms with Crippen LogP contribution in [-0.2, 0) is 17.9 Å². The Morgan fingerprint density at radius 3 is 2.23 bits per heavy atom. The first-order chi connectivity index (χ1) is 20.5. The molecule has 0 saturated heterocycles. The van der Waals surface area contributed by atoms with E-state index in [1.165, 1.54) is 36.2 Å². The fourth-order valence-corrected chi connectivity index (χ4v) is 4.25. The van der Waals surface area contributed by atoms with E-state index < -0.39 is 30.8 Å². The SMILES string of the molecule is C1CC1.FC1(F)CCCCC1.O=C(CCC(F)(F)F)NCc1cnn2cc(CNC(=O)c3cncc(C4CC4)c3)nc2c1. The number of amides is 2. The van der Waals surface area contributed by atoms with Gasteiger partial charge in [0.1, 0.15) is 0 Å². The van der Waals surface area contributed by atoms with E-state index in [9.17, 15) is 31.5 Å². The molecule has 3 aliphatic rings. The van der Waals surface area contributed by atoms with Crippen molar-refractivity contribution in [3.63, 3.8) is 0 Å². The van der Waals surface area contributed by atoms with Crippen molar-refractivity contribution in [1.82, 2.24) is 30.2 Å². The third-order valence-electron chi connectivity index (χ3n) is 6.99. The van der Waals surface area contributed by atoms with Crippen molar-refractivity contribution in [1.29, 1.82) is 0 Å². The highest BCUT2D eigenvalue weighted by atomic mass is 19.4. The Morgan fingerprint density at radius 2 is 1.63 bits per heavy atom. The number of halogens is 5. The molecule has 13 heteroatoms. The van der Waals surface area contributed by atoms with Crippen molar-refractivity contribution in [2.45, 2.75) is 108 Å². The number of carbonyl (C=O) groups is 2. The molecule has 0 radical (unpaired) electrons. The molecular formula is C30H37F5N6O2. The number of carbonyl (C=O) groups excluding carboxylic acids is 2. The minimum atomic E-state index is -4.37. The van der Waals surface area contributed by atoms with Gasteiger partial charge in [0.15, 0.2) is 5.65 Å². The van der Waals surface area contributed by atoms with Gasteiger partial charge in [0.2, 0.25) is 11.8 Å². The first kappa shape index (κ1) is 32.3. The van der Waals surface area contributed by atoms with E-state index in [4.69, 9.17) is 0 Å². The van der Waals surface area contributed by atoms with Crippen LogP contribution in [0.25, 0.3) is 5.65 Å². The molecule has 6 rings (SSSR count). The van der Waals surface area contributed by atoms with Gasteiger partial charge in [-0.2, -0.15) is 18.3 Å². The average molecular weight is 609 g/mol. The van der Waals surface area contributed by atoms with Crippen LogP contribution < -0.4 is 10.6 Å². The summed E-state index contributed by atoms with van der Waals surface area (Å²) >= 11 is 0. The number of imidazole rings is 1. The molecule has 3 fully saturated rings. The predicted molar refractivity (Wildman–Crippen MR) is 149 cm³/mol. The second-order valence-electron chi connectivity index (χ2n) is 11.2. The number of pyridine rings is 1. The molecule has 3 aliphatic carbocycles. The lowest BCUT2D eigenvalue weighted by molar-refractivity contribution is -0.144. The van der Waals surface area contributed by atoms with Crippen LogP contribution in [0.2, 0.25) is 0 Å². The number of hydrogen-bond donors (Lipinski definition) is 2. The van der Waals surface area contributed by atoms with Crippen LogP contribution in [0.1, 0.15) is 110 Å². The van der Waals surface area contributed by atoms with Gasteiger partial charge in [-0.1, -0.05) is 25.7 Å². The Hall–Kier alpha value is -3.64. The largest absolute Gasteiger partial charge is 0.389 e. The van der Waals surface area contributed by atoms with Crippen LogP contribution in [0.5, 0.6) is 0 Å². The fourth-order valence-electron chi connectivity index (χ4n) is 4.25. The monoisotopic (exact) mass is 608 g/mol. The highest BCUT2D eigenvalue weighted by molar-refractivity contribution is 5.94. The van der Waals surface area contributed by atoms with Gasteiger partial charge in [-0.25, -0.2) is 18.3 Å². The minimum absolute atomic E-state index is 0.0451. The van der Waals surface area contributed by atoms with Crippen molar-refractivity contribution in [3.8, 4) is 0 Å². The van der Waals surface area contributed by atoms with Crippen molar-refractivity contribution in [2.75, 3.05) is 0 Å². The van der Waals surface area contributed by atoms with E-state index in [0.29, 0.717) is 41.2 Å². The molecule has 3 aromatic rings. The van der Waals surface area contributed by atoms with Gasteiger partial charge in [-0.15, -0.1) is 0 Å². The summed E-state index contributed by atoms with van der Waals surface area (Å²) in [6, 6.07) is 3.53. The smallest absolute Gasteiger partial charge is 0.352 e. The maximum absolute atomic E-state index is 12.4. The number of aromatic nitrogens is 4. The zero-order valence-electron chi connectivity index (χ0n) is 23.9. The first-order valence-electron chi connectivity index (χ1n) is 14.7. The maximum atomic E-state index is 12.4. The Balaban J connectivity index is 0.000000321. The van der Waals surface area contributed by atoms with Gasteiger partial charge >= 0.3 is 6.18 Å². The summed E-state index contributed by atoms with van der Waals surface area (Å²) in [7, 11) is 0. The highest BCUT2D eigenvalue weighted by Gasteiger charge is 2.30. The summed E-state index contributed by atoms with van der Waals surface area (Å²) in [5.74, 6) is -2.75. The molecule has 8 nitrogen and oxygen atoms in total. The molecule has 0 atom stereocenters. The third kappa shape index (κ3) is 11.9. The van der Waals surface area contributed by atoms with E-state index in [1.54, 1.807) is 18.5 Å². The third-order valence-corrected chi connectivity index (χ3v) is 6.99. The van der Waals surface area contributed by atoms with Crippen LogP contribution >= 0.6 is 0 Å². The molecule has 0 unspecified atom stereocenters. The number of fused-ring (bicyclic) bond motifs is 1. The number of alkyl halides is 5. The van der Waals surface area contributed by atoms with Crippen LogP contribution in [0.15, 0.2) is 36.9 Å². The molecule has 3 aromatic heterocycles. The van der Waals surface area contributed by atoms with Crippen molar-refractivity contribution in [2.24, 2.45) is 0 Å². The lowest BCUT2D eigenvalue weighted by Crippen LogP contribution is -2.24. The number of hydrogen-bond acceptors (Lipinski definition) is 5. The molecule has 0 aliphatic heterocycles. The van der Waals surface area contributed by atoms with E-state index in [0.717, 1.165) is 24.8 Å². The van der Waals surface area contributed by atoms with Crippen LogP contribution in [-0.4, -0.2) is 43.5 Å².